The summed E-state index contributed by atoms with van der Waals surface area (Å²) in [6.07, 6.45) is -0.543. The molecule has 0 fully saturated rings. The molecule has 0 aliphatic rings. The molecule has 0 heterocycles. The summed E-state index contributed by atoms with van der Waals surface area (Å²) in [4.78, 5) is 24.0. The predicted octanol–water partition coefficient (Wildman–Crippen LogP) is 2.12. The van der Waals surface area contributed by atoms with Crippen molar-refractivity contribution in [3.63, 3.8) is 0 Å². The van der Waals surface area contributed by atoms with Crippen molar-refractivity contribution in [2.45, 2.75) is 25.6 Å². The summed E-state index contributed by atoms with van der Waals surface area (Å²) in [5.41, 5.74) is 1.95. The molecule has 0 aromatic heterocycles. The second kappa shape index (κ2) is 10.4. The Morgan fingerprint density at radius 2 is 1.70 bits per heavy atom. The molecular formula is C21H24O6. The van der Waals surface area contributed by atoms with Gasteiger partial charge in [0.05, 0.1) is 25.4 Å². The molecule has 2 atom stereocenters. The summed E-state index contributed by atoms with van der Waals surface area (Å²) < 4.78 is 9.95. The third-order valence-corrected chi connectivity index (χ3v) is 4.32. The molecule has 2 N–H and O–H groups in total. The van der Waals surface area contributed by atoms with Crippen LogP contribution in [-0.2, 0) is 27.3 Å². The van der Waals surface area contributed by atoms with Crippen molar-refractivity contribution in [2.24, 2.45) is 5.92 Å². The largest absolute Gasteiger partial charge is 0.465 e. The summed E-state index contributed by atoms with van der Waals surface area (Å²) in [5.74, 6) is -2.16. The van der Waals surface area contributed by atoms with E-state index in [2.05, 4.69) is 0 Å². The lowest BCUT2D eigenvalue weighted by atomic mass is 9.95. The summed E-state index contributed by atoms with van der Waals surface area (Å²) in [6, 6.07) is 16.1. The van der Waals surface area contributed by atoms with Crippen molar-refractivity contribution in [1.82, 2.24) is 0 Å². The van der Waals surface area contributed by atoms with Gasteiger partial charge in [-0.05, 0) is 30.0 Å². The van der Waals surface area contributed by atoms with E-state index in [1.54, 1.807) is 24.3 Å². The van der Waals surface area contributed by atoms with Gasteiger partial charge in [-0.2, -0.15) is 0 Å². The van der Waals surface area contributed by atoms with Crippen molar-refractivity contribution in [1.29, 1.82) is 0 Å². The fourth-order valence-corrected chi connectivity index (χ4v) is 2.74. The number of hydrogen-bond acceptors (Lipinski definition) is 6. The first-order valence-electron chi connectivity index (χ1n) is 8.72. The van der Waals surface area contributed by atoms with Crippen LogP contribution >= 0.6 is 0 Å². The molecule has 2 aromatic rings. The average molecular weight is 372 g/mol. The maximum absolute atomic E-state index is 12.2. The van der Waals surface area contributed by atoms with Crippen LogP contribution in [0.2, 0.25) is 0 Å². The molecule has 0 aliphatic carbocycles. The molecule has 0 saturated carbocycles. The number of aliphatic hydroxyl groups excluding tert-OH is 2. The van der Waals surface area contributed by atoms with Crippen molar-refractivity contribution in [3.05, 3.63) is 71.3 Å². The monoisotopic (exact) mass is 372 g/mol. The predicted molar refractivity (Wildman–Crippen MR) is 98.9 cm³/mol. The second-order valence-corrected chi connectivity index (χ2v) is 6.14. The highest BCUT2D eigenvalue weighted by molar-refractivity contribution is 5.90. The van der Waals surface area contributed by atoms with Crippen molar-refractivity contribution >= 4 is 11.9 Å². The van der Waals surface area contributed by atoms with Crippen LogP contribution in [0, 0.1) is 5.92 Å². The standard InChI is InChI=1S/C21H24O6/c1-26-20(24)17-10-6-5-9-16(17)11-12-19(23)18(13-22)21(25)27-14-15-7-3-2-4-8-15/h2-10,18-19,22-23H,11-14H2,1H3/t18-,19-/m0/s1. The molecule has 0 unspecified atom stereocenters. The van der Waals surface area contributed by atoms with E-state index in [9.17, 15) is 19.8 Å². The zero-order valence-electron chi connectivity index (χ0n) is 15.2. The molecule has 0 aliphatic heterocycles. The number of hydrogen-bond donors (Lipinski definition) is 2. The molecule has 27 heavy (non-hydrogen) atoms. The number of ether oxygens (including phenoxy) is 2. The number of methoxy groups -OCH3 is 1. The van der Waals surface area contributed by atoms with E-state index in [1.165, 1.54) is 7.11 Å². The van der Waals surface area contributed by atoms with Crippen LogP contribution in [0.1, 0.15) is 27.9 Å². The van der Waals surface area contributed by atoms with E-state index < -0.39 is 30.6 Å². The van der Waals surface area contributed by atoms with Gasteiger partial charge in [0, 0.05) is 0 Å². The number of carbonyl (C=O) groups excluding carboxylic acids is 2. The minimum absolute atomic E-state index is 0.0774. The van der Waals surface area contributed by atoms with Gasteiger partial charge >= 0.3 is 11.9 Å². The fraction of sp³-hybridized carbons (Fsp3) is 0.333. The van der Waals surface area contributed by atoms with Gasteiger partial charge in [0.15, 0.2) is 0 Å². The van der Waals surface area contributed by atoms with E-state index in [-0.39, 0.29) is 13.0 Å². The first kappa shape index (κ1) is 20.6. The van der Waals surface area contributed by atoms with Crippen molar-refractivity contribution in [3.8, 4) is 0 Å². The SMILES string of the molecule is COC(=O)c1ccccc1CC[C@H](O)[C@H](CO)C(=O)OCc1ccccc1. The van der Waals surface area contributed by atoms with Crippen LogP contribution in [0.5, 0.6) is 0 Å². The quantitative estimate of drug-likeness (QED) is 0.655. The van der Waals surface area contributed by atoms with Crippen LogP contribution in [0.15, 0.2) is 54.6 Å². The Kier molecular flexibility index (Phi) is 7.98. The average Bonchev–Trinajstić information content (AvgIpc) is 2.71. The van der Waals surface area contributed by atoms with E-state index in [0.717, 1.165) is 5.56 Å². The highest BCUT2D eigenvalue weighted by atomic mass is 16.5. The van der Waals surface area contributed by atoms with Gasteiger partial charge in [0.1, 0.15) is 12.5 Å². The third-order valence-electron chi connectivity index (χ3n) is 4.32. The van der Waals surface area contributed by atoms with Gasteiger partial charge in [-0.25, -0.2) is 4.79 Å². The Morgan fingerprint density at radius 1 is 1.04 bits per heavy atom. The van der Waals surface area contributed by atoms with Gasteiger partial charge in [-0.1, -0.05) is 48.5 Å². The molecule has 0 spiro atoms. The fourth-order valence-electron chi connectivity index (χ4n) is 2.74. The molecule has 6 nitrogen and oxygen atoms in total. The van der Waals surface area contributed by atoms with Gasteiger partial charge < -0.3 is 19.7 Å². The number of carbonyl (C=O) groups is 2. The zero-order valence-corrected chi connectivity index (χ0v) is 15.2. The van der Waals surface area contributed by atoms with Crippen LogP contribution in [0.3, 0.4) is 0 Å². The maximum atomic E-state index is 12.2. The highest BCUT2D eigenvalue weighted by Crippen LogP contribution is 2.17. The molecule has 2 aromatic carbocycles. The molecule has 2 rings (SSSR count). The number of aliphatic hydroxyl groups is 2. The summed E-state index contributed by atoms with van der Waals surface area (Å²) in [7, 11) is 1.30. The lowest BCUT2D eigenvalue weighted by molar-refractivity contribution is -0.156. The first-order chi connectivity index (χ1) is 13.1. The first-order valence-corrected chi connectivity index (χ1v) is 8.72. The van der Waals surface area contributed by atoms with E-state index in [0.29, 0.717) is 17.5 Å². The Morgan fingerprint density at radius 3 is 2.37 bits per heavy atom. The molecule has 0 amide bonds. The lowest BCUT2D eigenvalue weighted by Crippen LogP contribution is -2.33. The maximum Gasteiger partial charge on any atom is 0.338 e. The molecule has 0 saturated heterocycles. The molecule has 144 valence electrons. The zero-order chi connectivity index (χ0) is 19.6. The number of rotatable bonds is 9. The minimum atomic E-state index is -1.09. The molecule has 6 heteroatoms. The van der Waals surface area contributed by atoms with Crippen LogP contribution in [0.4, 0.5) is 0 Å². The van der Waals surface area contributed by atoms with Crippen molar-refractivity contribution < 1.29 is 29.3 Å². The minimum Gasteiger partial charge on any atom is -0.465 e. The van der Waals surface area contributed by atoms with Gasteiger partial charge in [-0.3, -0.25) is 4.79 Å². The van der Waals surface area contributed by atoms with E-state index in [4.69, 9.17) is 9.47 Å². The van der Waals surface area contributed by atoms with Gasteiger partial charge in [-0.15, -0.1) is 0 Å². The van der Waals surface area contributed by atoms with Gasteiger partial charge in [0.2, 0.25) is 0 Å². The van der Waals surface area contributed by atoms with Crippen LogP contribution in [-0.4, -0.2) is 42.0 Å². The van der Waals surface area contributed by atoms with Crippen molar-refractivity contribution in [2.75, 3.05) is 13.7 Å². The van der Waals surface area contributed by atoms with Crippen LogP contribution in [0.25, 0.3) is 0 Å². The Balaban J connectivity index is 1.94. The summed E-state index contributed by atoms with van der Waals surface area (Å²) >= 11 is 0. The summed E-state index contributed by atoms with van der Waals surface area (Å²) in [6.45, 7) is -0.443. The summed E-state index contributed by atoms with van der Waals surface area (Å²) in [5, 5.41) is 19.9. The topological polar surface area (TPSA) is 93.1 Å². The lowest BCUT2D eigenvalue weighted by Gasteiger charge is -2.20. The molecule has 0 radical (unpaired) electrons. The van der Waals surface area contributed by atoms with Gasteiger partial charge in [0.25, 0.3) is 0 Å². The highest BCUT2D eigenvalue weighted by Gasteiger charge is 2.28. The third kappa shape index (κ3) is 5.91. The Bertz CT molecular complexity index is 743. The molecular weight excluding hydrogens is 348 g/mol. The number of benzene rings is 2. The van der Waals surface area contributed by atoms with Crippen LogP contribution < -0.4 is 0 Å². The Labute approximate surface area is 158 Å². The van der Waals surface area contributed by atoms with E-state index >= 15 is 0 Å². The number of esters is 2. The smallest absolute Gasteiger partial charge is 0.338 e. The number of aryl methyl sites for hydroxylation is 1. The van der Waals surface area contributed by atoms with E-state index in [1.807, 2.05) is 30.3 Å². The Hall–Kier alpha value is -2.70. The normalized spacial score (nSPS) is 12.9. The molecule has 0 bridgehead atoms. The second-order valence-electron chi connectivity index (χ2n) is 6.14.